The lowest BCUT2D eigenvalue weighted by Gasteiger charge is -2.48. The Morgan fingerprint density at radius 2 is 1.07 bits per heavy atom. The fourth-order valence-electron chi connectivity index (χ4n) is 13.1. The van der Waals surface area contributed by atoms with Crippen molar-refractivity contribution in [2.75, 3.05) is 10.2 Å². The van der Waals surface area contributed by atoms with Gasteiger partial charge in [0, 0.05) is 44.2 Å². The topological polar surface area (TPSA) is 41.6 Å². The van der Waals surface area contributed by atoms with Crippen LogP contribution in [0.1, 0.15) is 73.9 Å². The van der Waals surface area contributed by atoms with Crippen LogP contribution < -0.4 is 21.1 Å². The molecule has 0 bridgehead atoms. The fraction of sp³-hybridized carbons (Fsp3) is 0.143. The third kappa shape index (κ3) is 4.86. The first kappa shape index (κ1) is 38.4. The molecule has 9 aromatic carbocycles. The number of nitrogens with one attached hydrogen (secondary N) is 1. The van der Waals surface area contributed by atoms with E-state index in [0.29, 0.717) is 0 Å². The van der Waals surface area contributed by atoms with E-state index in [-0.39, 0.29) is 10.8 Å². The molecule has 0 atom stereocenters. The number of fused-ring (bicyclic) bond motifs is 18. The first-order valence-electron chi connectivity index (χ1n) is 24.1. The second-order valence-corrected chi connectivity index (χ2v) is 20.9. The highest BCUT2D eigenvalue weighted by molar-refractivity contribution is 6.74. The van der Waals surface area contributed by atoms with Gasteiger partial charge in [-0.15, -0.1) is 0 Å². The molecular weight excluding hydrogens is 828 g/mol. The molecule has 4 aliphatic rings. The quantitative estimate of drug-likeness (QED) is 0.180. The van der Waals surface area contributed by atoms with E-state index >= 15 is 0 Å². The average Bonchev–Trinajstić information content (AvgIpc) is 4.02. The van der Waals surface area contributed by atoms with Crippen LogP contribution in [0.5, 0.6) is 0 Å². The summed E-state index contributed by atoms with van der Waals surface area (Å²) in [5.74, 6) is 0. The summed E-state index contributed by atoms with van der Waals surface area (Å²) in [7, 11) is 2.43. The van der Waals surface area contributed by atoms with Gasteiger partial charge in [0.15, 0.2) is 7.28 Å². The van der Waals surface area contributed by atoms with Crippen LogP contribution in [0.25, 0.3) is 66.1 Å². The number of benzene rings is 9. The molecular formula is C63H46BN2O2. The van der Waals surface area contributed by atoms with E-state index in [0.717, 1.165) is 89.4 Å². The van der Waals surface area contributed by atoms with E-state index in [1.807, 2.05) is 0 Å². The fourth-order valence-corrected chi connectivity index (χ4v) is 13.1. The summed E-state index contributed by atoms with van der Waals surface area (Å²) in [5.41, 5.74) is 23.4. The molecule has 4 nitrogen and oxygen atoms in total. The third-order valence-corrected chi connectivity index (χ3v) is 16.4. The van der Waals surface area contributed by atoms with Crippen molar-refractivity contribution < 1.29 is 8.83 Å². The van der Waals surface area contributed by atoms with E-state index in [2.05, 4.69) is 221 Å². The molecule has 1 N–H and O–H groups in total. The minimum atomic E-state index is -0.512. The van der Waals surface area contributed by atoms with E-state index in [9.17, 15) is 0 Å². The maximum atomic E-state index is 7.17. The molecule has 11 aromatic rings. The SMILES string of the molecule is CC1(C)CCC(C)(C)c2cc(Nc3ccc4c(oc5ccccc54)c3-c3c4c(cc5c3oc3ccccc35)N3c5ccccc5C5(c6ccccc6-c6ccccc65)c5cccc(c53)[B]4)ccc21. The summed E-state index contributed by atoms with van der Waals surface area (Å²) in [6.07, 6.45) is 2.31. The van der Waals surface area contributed by atoms with Crippen LogP contribution in [-0.2, 0) is 16.2 Å². The largest absolute Gasteiger partial charge is 0.455 e. The summed E-state index contributed by atoms with van der Waals surface area (Å²) >= 11 is 0. The molecule has 5 heteroatoms. The molecule has 2 aliphatic heterocycles. The van der Waals surface area contributed by atoms with Crippen molar-refractivity contribution in [3.8, 4) is 22.3 Å². The Kier molecular flexibility index (Phi) is 7.46. The molecule has 68 heavy (non-hydrogen) atoms. The molecule has 0 amide bonds. The van der Waals surface area contributed by atoms with Crippen LogP contribution in [0.4, 0.5) is 28.4 Å². The molecule has 2 aliphatic carbocycles. The van der Waals surface area contributed by atoms with Gasteiger partial charge in [0.25, 0.3) is 0 Å². The Morgan fingerprint density at radius 1 is 0.471 bits per heavy atom. The molecule has 4 heterocycles. The van der Waals surface area contributed by atoms with Crippen LogP contribution in [0.2, 0.25) is 0 Å². The number of hydrogen-bond donors (Lipinski definition) is 1. The highest BCUT2D eigenvalue weighted by Gasteiger charge is 2.53. The number of hydrogen-bond acceptors (Lipinski definition) is 4. The van der Waals surface area contributed by atoms with Crippen molar-refractivity contribution in [1.82, 2.24) is 0 Å². The molecule has 2 aromatic heterocycles. The van der Waals surface area contributed by atoms with Crippen LogP contribution in [-0.4, -0.2) is 7.28 Å². The van der Waals surface area contributed by atoms with Crippen LogP contribution in [0, 0.1) is 0 Å². The van der Waals surface area contributed by atoms with E-state index < -0.39 is 5.41 Å². The Hall–Kier alpha value is -7.76. The van der Waals surface area contributed by atoms with Crippen molar-refractivity contribution in [3.63, 3.8) is 0 Å². The second-order valence-electron chi connectivity index (χ2n) is 20.9. The number of anilines is 5. The van der Waals surface area contributed by atoms with Crippen LogP contribution >= 0.6 is 0 Å². The Labute approximate surface area is 396 Å². The first-order valence-corrected chi connectivity index (χ1v) is 24.1. The van der Waals surface area contributed by atoms with Gasteiger partial charge in [0.1, 0.15) is 22.3 Å². The summed E-state index contributed by atoms with van der Waals surface area (Å²) in [6.45, 7) is 9.58. The molecule has 0 unspecified atom stereocenters. The zero-order valence-corrected chi connectivity index (χ0v) is 38.5. The Bertz CT molecular complexity index is 3970. The van der Waals surface area contributed by atoms with Crippen LogP contribution in [0.3, 0.4) is 0 Å². The first-order chi connectivity index (χ1) is 33.2. The summed E-state index contributed by atoms with van der Waals surface area (Å²) in [6, 6.07) is 65.0. The lowest BCUT2D eigenvalue weighted by atomic mass is 9.54. The zero-order valence-electron chi connectivity index (χ0n) is 38.5. The molecule has 1 spiro atoms. The highest BCUT2D eigenvalue weighted by atomic mass is 16.3. The van der Waals surface area contributed by atoms with Gasteiger partial charge in [-0.2, -0.15) is 0 Å². The summed E-state index contributed by atoms with van der Waals surface area (Å²) in [5, 5.41) is 8.33. The predicted molar refractivity (Wildman–Crippen MR) is 282 cm³/mol. The monoisotopic (exact) mass is 873 g/mol. The van der Waals surface area contributed by atoms with E-state index in [1.54, 1.807) is 0 Å². The van der Waals surface area contributed by atoms with Crippen LogP contribution in [0.15, 0.2) is 185 Å². The number of furan rings is 2. The molecule has 323 valence electrons. The number of rotatable bonds is 3. The number of para-hydroxylation sites is 4. The van der Waals surface area contributed by atoms with E-state index in [4.69, 9.17) is 8.83 Å². The lowest BCUT2D eigenvalue weighted by molar-refractivity contribution is 0.332. The van der Waals surface area contributed by atoms with Crippen molar-refractivity contribution >= 4 is 90.5 Å². The maximum Gasteiger partial charge on any atom is 0.198 e. The highest BCUT2D eigenvalue weighted by Crippen LogP contribution is 2.64. The molecule has 1 radical (unpaired) electrons. The minimum Gasteiger partial charge on any atom is -0.455 e. The smallest absolute Gasteiger partial charge is 0.198 e. The predicted octanol–water partition coefficient (Wildman–Crippen LogP) is 15.4. The lowest BCUT2D eigenvalue weighted by Crippen LogP contribution is -2.47. The normalized spacial score (nSPS) is 16.3. The molecule has 15 rings (SSSR count). The second kappa shape index (κ2) is 13.2. The summed E-state index contributed by atoms with van der Waals surface area (Å²) in [4.78, 5) is 2.56. The van der Waals surface area contributed by atoms with Gasteiger partial charge in [-0.1, -0.05) is 161 Å². The van der Waals surface area contributed by atoms with Crippen molar-refractivity contribution in [2.24, 2.45) is 0 Å². The average molecular weight is 874 g/mol. The van der Waals surface area contributed by atoms with Gasteiger partial charge in [-0.3, -0.25) is 0 Å². The Balaban J connectivity index is 1.04. The third-order valence-electron chi connectivity index (χ3n) is 16.4. The summed E-state index contributed by atoms with van der Waals surface area (Å²) < 4.78 is 14.3. The molecule has 0 fully saturated rings. The number of nitrogens with zero attached hydrogens (tertiary/aromatic N) is 1. The van der Waals surface area contributed by atoms with E-state index in [1.165, 1.54) is 62.3 Å². The van der Waals surface area contributed by atoms with Gasteiger partial charge in [-0.25, -0.2) is 0 Å². The molecule has 0 saturated carbocycles. The van der Waals surface area contributed by atoms with Crippen molar-refractivity contribution in [1.29, 1.82) is 0 Å². The molecule has 0 saturated heterocycles. The van der Waals surface area contributed by atoms with Gasteiger partial charge < -0.3 is 19.1 Å². The van der Waals surface area contributed by atoms with Gasteiger partial charge in [-0.05, 0) is 122 Å². The maximum absolute atomic E-state index is 7.17. The Morgan fingerprint density at radius 3 is 1.81 bits per heavy atom. The zero-order chi connectivity index (χ0) is 45.3. The minimum absolute atomic E-state index is 0.0557. The van der Waals surface area contributed by atoms with Crippen molar-refractivity contribution in [3.05, 3.63) is 209 Å². The van der Waals surface area contributed by atoms with Crippen molar-refractivity contribution in [2.45, 2.75) is 56.8 Å². The van der Waals surface area contributed by atoms with Gasteiger partial charge in [0.05, 0.1) is 22.4 Å². The van der Waals surface area contributed by atoms with Gasteiger partial charge >= 0.3 is 0 Å². The standard InChI is InChI=1S/C63H46BN2O2/c1-61(2)32-33-62(3,4)48-34-36(28-30-45(48)61)65-50-31-29-41-39-18-7-13-26-53(39)67-59(41)55(50)56-57-52(35-42-40-19-8-14-27-54(40)68-60(42)56)66-51-25-12-11-22-46(51)63(47-23-15-24-49(64-57)58(47)66)43-20-9-5-16-37(43)38-17-6-10-21-44(38)63/h5-31,34-35,65H,32-33H2,1-4H3. The van der Waals surface area contributed by atoms with Gasteiger partial charge in [0.2, 0.25) is 0 Å².